The van der Waals surface area contributed by atoms with Crippen molar-refractivity contribution in [3.63, 3.8) is 0 Å². The Kier molecular flexibility index (Phi) is 6.40. The van der Waals surface area contributed by atoms with Gasteiger partial charge < -0.3 is 9.64 Å². The van der Waals surface area contributed by atoms with Crippen LogP contribution in [0, 0.1) is 0 Å². The Labute approximate surface area is 181 Å². The van der Waals surface area contributed by atoms with Gasteiger partial charge in [0.15, 0.2) is 0 Å². The first kappa shape index (κ1) is 23.2. The molecule has 8 nitrogen and oxygen atoms in total. The number of nitrogens with zero attached hydrogens (tertiary/aromatic N) is 1. The molecule has 1 aromatic rings. The summed E-state index contributed by atoms with van der Waals surface area (Å²) in [6.45, 7) is 6.06. The minimum absolute atomic E-state index is 0.138. The second-order valence-corrected chi connectivity index (χ2v) is 10.3. The SMILES string of the molecule is CC(C)(C)OC(=O)N1CCC(c2ccc(C3CCC(=O)NC3=O)cc2S(=O)(=O)F)CC1. The van der Waals surface area contributed by atoms with E-state index in [0.29, 0.717) is 37.1 Å². The van der Waals surface area contributed by atoms with Gasteiger partial charge >= 0.3 is 16.3 Å². The van der Waals surface area contributed by atoms with Crippen LogP contribution in [0.25, 0.3) is 0 Å². The molecule has 3 amide bonds. The predicted molar refractivity (Wildman–Crippen MR) is 110 cm³/mol. The Hall–Kier alpha value is -2.49. The second kappa shape index (κ2) is 8.57. The molecule has 0 aliphatic carbocycles. The summed E-state index contributed by atoms with van der Waals surface area (Å²) >= 11 is 0. The van der Waals surface area contributed by atoms with Crippen LogP contribution in [-0.4, -0.2) is 49.9 Å². The fourth-order valence-corrected chi connectivity index (χ4v) is 4.82. The molecule has 2 saturated heterocycles. The van der Waals surface area contributed by atoms with Gasteiger partial charge in [0.25, 0.3) is 0 Å². The Balaban J connectivity index is 1.80. The summed E-state index contributed by atoms with van der Waals surface area (Å²) in [5.74, 6) is -1.86. The number of amides is 3. The minimum Gasteiger partial charge on any atom is -0.444 e. The van der Waals surface area contributed by atoms with Crippen LogP contribution in [0.15, 0.2) is 23.1 Å². The second-order valence-electron chi connectivity index (χ2n) is 8.98. The van der Waals surface area contributed by atoms with Crippen molar-refractivity contribution >= 4 is 28.1 Å². The van der Waals surface area contributed by atoms with Crippen LogP contribution in [-0.2, 0) is 24.5 Å². The van der Waals surface area contributed by atoms with Gasteiger partial charge in [0.05, 0.1) is 5.92 Å². The van der Waals surface area contributed by atoms with E-state index in [9.17, 15) is 26.7 Å². The van der Waals surface area contributed by atoms with E-state index in [1.54, 1.807) is 37.8 Å². The van der Waals surface area contributed by atoms with Crippen LogP contribution < -0.4 is 5.32 Å². The molecule has 1 aromatic carbocycles. The fraction of sp³-hybridized carbons (Fsp3) is 0.571. The number of nitrogens with one attached hydrogen (secondary N) is 1. The Morgan fingerprint density at radius 2 is 1.81 bits per heavy atom. The quantitative estimate of drug-likeness (QED) is 0.555. The first-order chi connectivity index (χ1) is 14.3. The van der Waals surface area contributed by atoms with Crippen LogP contribution in [0.5, 0.6) is 0 Å². The zero-order valence-electron chi connectivity index (χ0n) is 17.8. The predicted octanol–water partition coefficient (Wildman–Crippen LogP) is 2.98. The first-order valence-electron chi connectivity index (χ1n) is 10.3. The highest BCUT2D eigenvalue weighted by Crippen LogP contribution is 2.36. The highest BCUT2D eigenvalue weighted by atomic mass is 32.3. The van der Waals surface area contributed by atoms with E-state index in [0.717, 1.165) is 0 Å². The first-order valence-corrected chi connectivity index (χ1v) is 11.6. The number of ether oxygens (including phenoxy) is 1. The van der Waals surface area contributed by atoms with Crippen molar-refractivity contribution in [1.82, 2.24) is 10.2 Å². The summed E-state index contributed by atoms with van der Waals surface area (Å²) in [5, 5.41) is 2.23. The van der Waals surface area contributed by atoms with Crippen molar-refractivity contribution in [3.8, 4) is 0 Å². The number of halogens is 1. The van der Waals surface area contributed by atoms with E-state index >= 15 is 0 Å². The van der Waals surface area contributed by atoms with Gasteiger partial charge in [0.2, 0.25) is 11.8 Å². The maximum Gasteiger partial charge on any atom is 0.410 e. The number of benzene rings is 1. The third-order valence-electron chi connectivity index (χ3n) is 5.53. The van der Waals surface area contributed by atoms with E-state index in [2.05, 4.69) is 5.32 Å². The smallest absolute Gasteiger partial charge is 0.410 e. The molecule has 2 heterocycles. The molecule has 3 rings (SSSR count). The van der Waals surface area contributed by atoms with Gasteiger partial charge in [-0.3, -0.25) is 14.9 Å². The largest absolute Gasteiger partial charge is 0.444 e. The lowest BCUT2D eigenvalue weighted by atomic mass is 9.86. The zero-order chi connectivity index (χ0) is 23.0. The molecule has 2 aliphatic rings. The summed E-state index contributed by atoms with van der Waals surface area (Å²) in [5.41, 5.74) is 0.0773. The number of carbonyl (C=O) groups is 3. The van der Waals surface area contributed by atoms with Gasteiger partial charge in [-0.05, 0) is 63.1 Å². The molecule has 170 valence electrons. The standard InChI is InChI=1S/C21H27FN2O6S/c1-21(2,3)30-20(27)24-10-8-13(9-11-24)15-5-4-14(12-17(15)31(22,28)29)16-6-7-18(25)23-19(16)26/h4-5,12-13,16H,6-11H2,1-3H3,(H,23,25,26). The van der Waals surface area contributed by atoms with Gasteiger partial charge in [0.1, 0.15) is 10.5 Å². The molecule has 1 atom stereocenters. The van der Waals surface area contributed by atoms with E-state index in [-0.39, 0.29) is 24.7 Å². The molecule has 0 bridgehead atoms. The van der Waals surface area contributed by atoms with Crippen molar-refractivity contribution in [2.75, 3.05) is 13.1 Å². The number of rotatable bonds is 3. The minimum atomic E-state index is -5.03. The zero-order valence-corrected chi connectivity index (χ0v) is 18.6. The monoisotopic (exact) mass is 454 g/mol. The van der Waals surface area contributed by atoms with Crippen LogP contribution >= 0.6 is 0 Å². The number of likely N-dealkylation sites (tertiary alicyclic amines) is 1. The van der Waals surface area contributed by atoms with Gasteiger partial charge in [-0.2, -0.15) is 8.42 Å². The average molecular weight is 455 g/mol. The highest BCUT2D eigenvalue weighted by Gasteiger charge is 2.33. The summed E-state index contributed by atoms with van der Waals surface area (Å²) in [4.78, 5) is 36.8. The highest BCUT2D eigenvalue weighted by molar-refractivity contribution is 7.86. The fourth-order valence-electron chi connectivity index (χ4n) is 4.03. The Morgan fingerprint density at radius 1 is 1.16 bits per heavy atom. The molecule has 2 aliphatic heterocycles. The lowest BCUT2D eigenvalue weighted by molar-refractivity contribution is -0.134. The molecule has 0 spiro atoms. The number of hydrogen-bond donors (Lipinski definition) is 1. The van der Waals surface area contributed by atoms with Crippen molar-refractivity contribution in [2.45, 2.75) is 68.8 Å². The van der Waals surface area contributed by atoms with Crippen LogP contribution in [0.4, 0.5) is 8.68 Å². The van der Waals surface area contributed by atoms with Crippen molar-refractivity contribution in [3.05, 3.63) is 29.3 Å². The van der Waals surface area contributed by atoms with Crippen LogP contribution in [0.1, 0.15) is 69.4 Å². The van der Waals surface area contributed by atoms with Crippen molar-refractivity contribution in [1.29, 1.82) is 0 Å². The number of imide groups is 1. The number of hydrogen-bond acceptors (Lipinski definition) is 6. The van der Waals surface area contributed by atoms with Crippen molar-refractivity contribution < 1.29 is 31.4 Å². The van der Waals surface area contributed by atoms with Gasteiger partial charge in [-0.15, -0.1) is 3.89 Å². The van der Waals surface area contributed by atoms with E-state index < -0.39 is 38.6 Å². The van der Waals surface area contributed by atoms with Gasteiger partial charge in [-0.25, -0.2) is 4.79 Å². The number of piperidine rings is 2. The topological polar surface area (TPSA) is 110 Å². The van der Waals surface area contributed by atoms with Gasteiger partial charge in [0, 0.05) is 19.5 Å². The summed E-state index contributed by atoms with van der Waals surface area (Å²) in [7, 11) is -5.03. The molecule has 1 unspecified atom stereocenters. The lowest BCUT2D eigenvalue weighted by Crippen LogP contribution is -2.41. The average Bonchev–Trinajstić information content (AvgIpc) is 2.66. The molecule has 2 fully saturated rings. The summed E-state index contributed by atoms with van der Waals surface area (Å²) in [6, 6.07) is 4.36. The molecule has 31 heavy (non-hydrogen) atoms. The Bertz CT molecular complexity index is 994. The third kappa shape index (κ3) is 5.61. The van der Waals surface area contributed by atoms with E-state index in [4.69, 9.17) is 4.74 Å². The Morgan fingerprint density at radius 3 is 2.35 bits per heavy atom. The van der Waals surface area contributed by atoms with Crippen LogP contribution in [0.2, 0.25) is 0 Å². The summed E-state index contributed by atoms with van der Waals surface area (Å²) in [6.07, 6.45) is 0.861. The maximum atomic E-state index is 14.2. The molecule has 10 heteroatoms. The molecular formula is C21H27FN2O6S. The molecule has 1 N–H and O–H groups in total. The maximum absolute atomic E-state index is 14.2. The van der Waals surface area contributed by atoms with E-state index in [1.165, 1.54) is 6.07 Å². The molecule has 0 aromatic heterocycles. The van der Waals surface area contributed by atoms with Crippen LogP contribution in [0.3, 0.4) is 0 Å². The van der Waals surface area contributed by atoms with E-state index in [1.807, 2.05) is 0 Å². The summed E-state index contributed by atoms with van der Waals surface area (Å²) < 4.78 is 43.3. The van der Waals surface area contributed by atoms with Crippen molar-refractivity contribution in [2.24, 2.45) is 0 Å². The molecule has 0 saturated carbocycles. The number of carbonyl (C=O) groups excluding carboxylic acids is 3. The third-order valence-corrected chi connectivity index (χ3v) is 6.41. The lowest BCUT2D eigenvalue weighted by Gasteiger charge is -2.34. The van der Waals surface area contributed by atoms with Gasteiger partial charge in [-0.1, -0.05) is 12.1 Å². The normalized spacial score (nSPS) is 21.0. The molecular weight excluding hydrogens is 427 g/mol. The molecule has 0 radical (unpaired) electrons.